The summed E-state index contributed by atoms with van der Waals surface area (Å²) in [5.41, 5.74) is 3.32. The molecule has 1 atom stereocenters. The van der Waals surface area contributed by atoms with Gasteiger partial charge < -0.3 is 10.6 Å². The van der Waals surface area contributed by atoms with E-state index in [9.17, 15) is 13.6 Å². The number of nitrogens with one attached hydrogen (secondary N) is 2. The van der Waals surface area contributed by atoms with Crippen LogP contribution in [0.25, 0.3) is 11.3 Å². The van der Waals surface area contributed by atoms with Gasteiger partial charge in [0.25, 0.3) is 0 Å². The van der Waals surface area contributed by atoms with Gasteiger partial charge in [0, 0.05) is 56.0 Å². The largest absolute Gasteiger partial charge is 0.339 e. The molecule has 1 aliphatic heterocycles. The molecule has 11 heteroatoms. The molecule has 33 heavy (non-hydrogen) atoms. The first kappa shape index (κ1) is 22.7. The number of nitrogens with zero attached hydrogens (tertiary/aromatic N) is 6. The molecule has 0 aliphatic carbocycles. The SMILES string of the molecule is CC(=O)Nc1cc(Nc2cc(C)nc(C(C)(F)F)n2)c(-c2cc3n(n2)CC(C)N(C)C3)cn1. The number of likely N-dealkylation sites (N-methyl/N-ethyl adjacent to an activating group) is 1. The summed E-state index contributed by atoms with van der Waals surface area (Å²) in [6.45, 7) is 7.42. The maximum Gasteiger partial charge on any atom is 0.303 e. The Balaban J connectivity index is 1.77. The Kier molecular flexibility index (Phi) is 5.83. The highest BCUT2D eigenvalue weighted by Crippen LogP contribution is 2.33. The maximum absolute atomic E-state index is 13.9. The van der Waals surface area contributed by atoms with Crippen LogP contribution >= 0.6 is 0 Å². The van der Waals surface area contributed by atoms with Gasteiger partial charge in [0.1, 0.15) is 11.6 Å². The molecule has 3 aromatic heterocycles. The van der Waals surface area contributed by atoms with E-state index in [0.717, 1.165) is 25.7 Å². The lowest BCUT2D eigenvalue weighted by Crippen LogP contribution is -2.38. The summed E-state index contributed by atoms with van der Waals surface area (Å²) in [4.78, 5) is 26.0. The van der Waals surface area contributed by atoms with Gasteiger partial charge in [-0.3, -0.25) is 14.4 Å². The fourth-order valence-corrected chi connectivity index (χ4v) is 3.65. The standard InChI is InChI=1S/C22H26F2N8O/c1-12-6-20(29-21(26-12)22(4,23)24)28-17-8-19(27-14(3)33)25-9-16(17)18-7-15-11-31(5)13(2)10-32(15)30-18/h6-9,13H,10-11H2,1-5H3,(H2,25,26,27,28,29,33). The average Bonchev–Trinajstić information content (AvgIpc) is 3.09. The summed E-state index contributed by atoms with van der Waals surface area (Å²) >= 11 is 0. The smallest absolute Gasteiger partial charge is 0.303 e. The van der Waals surface area contributed by atoms with Gasteiger partial charge in [-0.15, -0.1) is 0 Å². The van der Waals surface area contributed by atoms with Crippen LogP contribution in [-0.4, -0.2) is 48.6 Å². The molecule has 0 saturated carbocycles. The monoisotopic (exact) mass is 456 g/mol. The van der Waals surface area contributed by atoms with Gasteiger partial charge in [0.15, 0.2) is 0 Å². The molecule has 2 N–H and O–H groups in total. The number of pyridine rings is 1. The number of aromatic nitrogens is 5. The Morgan fingerprint density at radius 1 is 1.21 bits per heavy atom. The molecule has 0 fully saturated rings. The Bertz CT molecular complexity index is 1180. The van der Waals surface area contributed by atoms with Gasteiger partial charge in [-0.1, -0.05) is 0 Å². The normalized spacial score (nSPS) is 16.4. The second-order valence-electron chi connectivity index (χ2n) is 8.50. The van der Waals surface area contributed by atoms with Gasteiger partial charge >= 0.3 is 5.92 Å². The van der Waals surface area contributed by atoms with E-state index in [1.54, 1.807) is 25.3 Å². The zero-order valence-electron chi connectivity index (χ0n) is 19.1. The number of fused-ring (bicyclic) bond motifs is 1. The van der Waals surface area contributed by atoms with Crippen molar-refractivity contribution in [3.05, 3.63) is 41.6 Å². The van der Waals surface area contributed by atoms with Crippen LogP contribution in [0.5, 0.6) is 0 Å². The number of amides is 1. The van der Waals surface area contributed by atoms with Crippen LogP contribution in [0.4, 0.5) is 26.1 Å². The van der Waals surface area contributed by atoms with Crippen molar-refractivity contribution in [3.8, 4) is 11.3 Å². The molecular formula is C22H26F2N8O. The molecule has 0 bridgehead atoms. The third-order valence-corrected chi connectivity index (χ3v) is 5.46. The van der Waals surface area contributed by atoms with Gasteiger partial charge in [-0.25, -0.2) is 15.0 Å². The van der Waals surface area contributed by atoms with Crippen LogP contribution in [0.2, 0.25) is 0 Å². The molecular weight excluding hydrogens is 430 g/mol. The summed E-state index contributed by atoms with van der Waals surface area (Å²) < 4.78 is 29.7. The first-order valence-electron chi connectivity index (χ1n) is 10.6. The number of alkyl halides is 2. The number of carbonyl (C=O) groups excluding carboxylic acids is 1. The van der Waals surface area contributed by atoms with E-state index in [-0.39, 0.29) is 11.7 Å². The maximum atomic E-state index is 13.9. The van der Waals surface area contributed by atoms with Crippen LogP contribution in [0.3, 0.4) is 0 Å². The van der Waals surface area contributed by atoms with E-state index in [0.29, 0.717) is 34.5 Å². The number of anilines is 3. The second-order valence-corrected chi connectivity index (χ2v) is 8.50. The molecule has 0 saturated heterocycles. The summed E-state index contributed by atoms with van der Waals surface area (Å²) in [6.07, 6.45) is 1.60. The third-order valence-electron chi connectivity index (χ3n) is 5.46. The fourth-order valence-electron chi connectivity index (χ4n) is 3.65. The average molecular weight is 457 g/mol. The zero-order chi connectivity index (χ0) is 23.9. The van der Waals surface area contributed by atoms with E-state index in [4.69, 9.17) is 5.10 Å². The van der Waals surface area contributed by atoms with Crippen LogP contribution in [0.15, 0.2) is 24.4 Å². The Morgan fingerprint density at radius 3 is 2.67 bits per heavy atom. The molecule has 0 aromatic carbocycles. The molecule has 4 rings (SSSR count). The van der Waals surface area contributed by atoms with Crippen LogP contribution in [-0.2, 0) is 23.8 Å². The molecule has 0 radical (unpaired) electrons. The molecule has 0 spiro atoms. The lowest BCUT2D eigenvalue weighted by atomic mass is 10.1. The van der Waals surface area contributed by atoms with E-state index in [2.05, 4.69) is 44.5 Å². The Hall–Kier alpha value is -3.47. The molecule has 174 valence electrons. The first-order valence-corrected chi connectivity index (χ1v) is 10.6. The predicted octanol–water partition coefficient (Wildman–Crippen LogP) is 3.69. The number of aryl methyl sites for hydroxylation is 1. The Labute approximate surface area is 190 Å². The third kappa shape index (κ3) is 4.98. The van der Waals surface area contributed by atoms with Gasteiger partial charge in [-0.05, 0) is 27.0 Å². The van der Waals surface area contributed by atoms with Crippen molar-refractivity contribution in [2.24, 2.45) is 0 Å². The summed E-state index contributed by atoms with van der Waals surface area (Å²) in [5.74, 6) is -3.51. The molecule has 1 amide bonds. The molecule has 4 heterocycles. The number of halogens is 2. The molecule has 1 unspecified atom stereocenters. The number of carbonyl (C=O) groups is 1. The highest BCUT2D eigenvalue weighted by atomic mass is 19.3. The second kappa shape index (κ2) is 8.47. The van der Waals surface area contributed by atoms with Crippen molar-refractivity contribution in [3.63, 3.8) is 0 Å². The quantitative estimate of drug-likeness (QED) is 0.604. The number of hydrogen-bond donors (Lipinski definition) is 2. The molecule has 9 nitrogen and oxygen atoms in total. The predicted molar refractivity (Wildman–Crippen MR) is 120 cm³/mol. The van der Waals surface area contributed by atoms with Gasteiger partial charge in [0.2, 0.25) is 11.7 Å². The van der Waals surface area contributed by atoms with E-state index < -0.39 is 11.7 Å². The van der Waals surface area contributed by atoms with E-state index >= 15 is 0 Å². The van der Waals surface area contributed by atoms with Crippen molar-refractivity contribution in [2.75, 3.05) is 17.7 Å². The van der Waals surface area contributed by atoms with Crippen LogP contribution in [0, 0.1) is 6.92 Å². The summed E-state index contributed by atoms with van der Waals surface area (Å²) in [7, 11) is 2.07. The minimum absolute atomic E-state index is 0.206. The van der Waals surface area contributed by atoms with Crippen molar-refractivity contribution < 1.29 is 13.6 Å². The summed E-state index contributed by atoms with van der Waals surface area (Å²) in [5, 5.41) is 10.5. The Morgan fingerprint density at radius 2 is 1.97 bits per heavy atom. The minimum Gasteiger partial charge on any atom is -0.339 e. The fraction of sp³-hybridized carbons (Fsp3) is 0.409. The number of rotatable bonds is 5. The van der Waals surface area contributed by atoms with Crippen molar-refractivity contribution in [1.29, 1.82) is 0 Å². The first-order chi connectivity index (χ1) is 15.5. The lowest BCUT2D eigenvalue weighted by Gasteiger charge is -2.30. The van der Waals surface area contributed by atoms with Crippen molar-refractivity contribution >= 4 is 23.2 Å². The highest BCUT2D eigenvalue weighted by molar-refractivity contribution is 5.89. The highest BCUT2D eigenvalue weighted by Gasteiger charge is 2.29. The minimum atomic E-state index is -3.18. The van der Waals surface area contributed by atoms with E-state index in [1.807, 2.05) is 10.7 Å². The molecule has 1 aliphatic rings. The van der Waals surface area contributed by atoms with Crippen molar-refractivity contribution in [1.82, 2.24) is 29.6 Å². The molecule has 3 aromatic rings. The van der Waals surface area contributed by atoms with Crippen molar-refractivity contribution in [2.45, 2.75) is 52.7 Å². The van der Waals surface area contributed by atoms with Gasteiger partial charge in [0.05, 0.1) is 23.6 Å². The zero-order valence-corrected chi connectivity index (χ0v) is 19.1. The lowest BCUT2D eigenvalue weighted by molar-refractivity contribution is -0.114. The van der Waals surface area contributed by atoms with Crippen LogP contribution in [0.1, 0.15) is 38.0 Å². The topological polar surface area (TPSA) is 101 Å². The number of hydrogen-bond acceptors (Lipinski definition) is 7. The van der Waals surface area contributed by atoms with Crippen LogP contribution < -0.4 is 10.6 Å². The van der Waals surface area contributed by atoms with E-state index in [1.165, 1.54) is 6.92 Å². The summed E-state index contributed by atoms with van der Waals surface area (Å²) in [6, 6.07) is 5.54. The van der Waals surface area contributed by atoms with Gasteiger partial charge in [-0.2, -0.15) is 13.9 Å².